The first-order valence-electron chi connectivity index (χ1n) is 12.0. The van der Waals surface area contributed by atoms with Crippen LogP contribution in [0.4, 0.5) is 11.4 Å². The highest BCUT2D eigenvalue weighted by Gasteiger charge is 2.21. The number of aromatic hydroxyl groups is 1. The van der Waals surface area contributed by atoms with Crippen LogP contribution in [0, 0.1) is 10.1 Å². The fourth-order valence-electron chi connectivity index (χ4n) is 3.94. The molecule has 0 fully saturated rings. The Morgan fingerprint density at radius 2 is 1.29 bits per heavy atom. The molecule has 0 saturated heterocycles. The minimum absolute atomic E-state index is 0.0380. The molecule has 1 amide bonds. The average molecular weight is 567 g/mol. The van der Waals surface area contributed by atoms with Crippen LogP contribution in [-0.2, 0) is 4.79 Å². The monoisotopic (exact) mass is 566 g/mol. The van der Waals surface area contributed by atoms with Gasteiger partial charge in [-0.15, -0.1) is 0 Å². The highest BCUT2D eigenvalue weighted by molar-refractivity contribution is 6.04. The predicted octanol–water partition coefficient (Wildman–Crippen LogP) is 5.17. The number of nitrogens with one attached hydrogen (secondary N) is 1. The molecule has 0 bridgehead atoms. The van der Waals surface area contributed by atoms with Crippen molar-refractivity contribution in [2.75, 3.05) is 48.0 Å². The number of phenols is 1. The lowest BCUT2D eigenvalue weighted by molar-refractivity contribution is -0.385. The number of phenolic OH excluding ortho intramolecular Hbond substituents is 1. The molecule has 0 aromatic heterocycles. The summed E-state index contributed by atoms with van der Waals surface area (Å²) < 4.78 is 31.6. The van der Waals surface area contributed by atoms with Gasteiger partial charge in [-0.3, -0.25) is 14.9 Å². The van der Waals surface area contributed by atoms with Gasteiger partial charge in [0.1, 0.15) is 0 Å². The van der Waals surface area contributed by atoms with Crippen LogP contribution in [0.5, 0.6) is 40.2 Å². The van der Waals surface area contributed by atoms with Crippen molar-refractivity contribution in [1.29, 1.82) is 0 Å². The number of rotatable bonds is 12. The zero-order valence-corrected chi connectivity index (χ0v) is 23.3. The maximum absolute atomic E-state index is 12.9. The highest BCUT2D eigenvalue weighted by atomic mass is 16.6. The van der Waals surface area contributed by atoms with Gasteiger partial charge >= 0.3 is 5.69 Å². The molecular formula is C29H30N2O10. The summed E-state index contributed by atoms with van der Waals surface area (Å²) in [5.41, 5.74) is 1.24. The van der Waals surface area contributed by atoms with Gasteiger partial charge in [0.2, 0.25) is 17.4 Å². The molecule has 3 rings (SSSR count). The fraction of sp³-hybridized carbons (Fsp3) is 0.207. The lowest BCUT2D eigenvalue weighted by Gasteiger charge is -2.14. The summed E-state index contributed by atoms with van der Waals surface area (Å²) in [4.78, 5) is 23.8. The van der Waals surface area contributed by atoms with Gasteiger partial charge in [0.25, 0.3) is 0 Å². The lowest BCUT2D eigenvalue weighted by atomic mass is 10.1. The van der Waals surface area contributed by atoms with Gasteiger partial charge in [0, 0.05) is 17.7 Å². The Balaban J connectivity index is 1.96. The molecule has 41 heavy (non-hydrogen) atoms. The smallest absolute Gasteiger partial charge is 0.315 e. The van der Waals surface area contributed by atoms with E-state index in [1.807, 2.05) is 0 Å². The van der Waals surface area contributed by atoms with Crippen molar-refractivity contribution >= 4 is 35.5 Å². The molecular weight excluding hydrogens is 536 g/mol. The van der Waals surface area contributed by atoms with Gasteiger partial charge in [-0.2, -0.15) is 0 Å². The Morgan fingerprint density at radius 3 is 1.80 bits per heavy atom. The Labute approximate surface area is 236 Å². The number of carbonyl (C=O) groups excluding carboxylic acids is 1. The zero-order chi connectivity index (χ0) is 30.1. The molecule has 216 valence electrons. The molecule has 0 heterocycles. The summed E-state index contributed by atoms with van der Waals surface area (Å²) in [5, 5.41) is 24.9. The first-order valence-corrected chi connectivity index (χ1v) is 12.0. The van der Waals surface area contributed by atoms with Crippen molar-refractivity contribution in [2.24, 2.45) is 0 Å². The van der Waals surface area contributed by atoms with Crippen LogP contribution in [0.25, 0.3) is 18.2 Å². The molecule has 3 aromatic rings. The Kier molecular flexibility index (Phi) is 10.0. The summed E-state index contributed by atoms with van der Waals surface area (Å²) in [6.45, 7) is 0. The SMILES string of the molecule is COc1ccc(/C=C/c2cc(OC)c(OC)c(OC)c2)c(NC(=O)/C=C/c2cc(OC)c(OC)c([N+](=O)[O-])c2)c1O. The number of nitrogens with zero attached hydrogens (tertiary/aromatic N) is 1. The van der Waals surface area contributed by atoms with Crippen LogP contribution in [-0.4, -0.2) is 58.6 Å². The van der Waals surface area contributed by atoms with Crippen LogP contribution >= 0.6 is 0 Å². The molecule has 0 aliphatic heterocycles. The average Bonchev–Trinajstić information content (AvgIpc) is 2.98. The largest absolute Gasteiger partial charge is 0.503 e. The standard InChI is InChI=1S/C29H30N2O10/c1-36-21-11-10-19(9-7-18-15-23(38-3)29(41-6)24(16-18)39-4)26(27(21)33)30-25(32)12-8-17-13-20(31(34)35)28(40-5)22(14-17)37-2/h7-16,33H,1-6H3,(H,30,32)/b9-7+,12-8+. The second-order valence-electron chi connectivity index (χ2n) is 8.23. The molecule has 0 unspecified atom stereocenters. The van der Waals surface area contributed by atoms with Crippen LogP contribution in [0.2, 0.25) is 0 Å². The first kappa shape index (κ1) is 30.2. The minimum Gasteiger partial charge on any atom is -0.503 e. The van der Waals surface area contributed by atoms with E-state index >= 15 is 0 Å². The molecule has 0 spiro atoms. The number of nitro benzene ring substituents is 1. The number of hydrogen-bond acceptors (Lipinski definition) is 10. The van der Waals surface area contributed by atoms with Crippen molar-refractivity contribution in [3.63, 3.8) is 0 Å². The third kappa shape index (κ3) is 6.79. The summed E-state index contributed by atoms with van der Waals surface area (Å²) in [6.07, 6.45) is 5.94. The van der Waals surface area contributed by atoms with E-state index in [4.69, 9.17) is 28.4 Å². The number of hydrogen-bond donors (Lipinski definition) is 2. The second-order valence-corrected chi connectivity index (χ2v) is 8.23. The van der Waals surface area contributed by atoms with Crippen molar-refractivity contribution in [2.45, 2.75) is 0 Å². The molecule has 0 atom stereocenters. The van der Waals surface area contributed by atoms with E-state index in [9.17, 15) is 20.0 Å². The van der Waals surface area contributed by atoms with Gasteiger partial charge in [-0.1, -0.05) is 12.2 Å². The van der Waals surface area contributed by atoms with Gasteiger partial charge in [0.15, 0.2) is 28.7 Å². The minimum atomic E-state index is -0.617. The zero-order valence-electron chi connectivity index (χ0n) is 23.3. The summed E-state index contributed by atoms with van der Waals surface area (Å²) in [6, 6.07) is 9.43. The number of ether oxygens (including phenoxy) is 6. The Hall–Kier alpha value is -5.39. The molecule has 12 nitrogen and oxygen atoms in total. The summed E-state index contributed by atoms with van der Waals surface area (Å²) >= 11 is 0. The van der Waals surface area contributed by atoms with Gasteiger partial charge < -0.3 is 38.8 Å². The molecule has 0 radical (unpaired) electrons. The van der Waals surface area contributed by atoms with E-state index < -0.39 is 10.8 Å². The number of nitro groups is 1. The van der Waals surface area contributed by atoms with Crippen LogP contribution < -0.4 is 33.7 Å². The number of carbonyl (C=O) groups is 1. The summed E-state index contributed by atoms with van der Waals surface area (Å²) in [7, 11) is 8.55. The van der Waals surface area contributed by atoms with Crippen molar-refractivity contribution in [3.05, 3.63) is 69.3 Å². The molecule has 2 N–H and O–H groups in total. The van der Waals surface area contributed by atoms with Gasteiger partial charge in [-0.05, 0) is 47.5 Å². The van der Waals surface area contributed by atoms with Crippen LogP contribution in [0.3, 0.4) is 0 Å². The predicted molar refractivity (Wildman–Crippen MR) is 154 cm³/mol. The third-order valence-corrected chi connectivity index (χ3v) is 5.89. The molecule has 12 heteroatoms. The molecule has 3 aromatic carbocycles. The number of anilines is 1. The highest BCUT2D eigenvalue weighted by Crippen LogP contribution is 2.41. The Bertz CT molecular complexity index is 1470. The van der Waals surface area contributed by atoms with E-state index in [1.54, 1.807) is 36.4 Å². The molecule has 0 aliphatic carbocycles. The fourth-order valence-corrected chi connectivity index (χ4v) is 3.94. The maximum atomic E-state index is 12.9. The van der Waals surface area contributed by atoms with Gasteiger partial charge in [0.05, 0.1) is 53.3 Å². The molecule has 0 aliphatic rings. The first-order chi connectivity index (χ1) is 19.7. The van der Waals surface area contributed by atoms with Crippen molar-refractivity contribution in [1.82, 2.24) is 0 Å². The van der Waals surface area contributed by atoms with E-state index in [2.05, 4.69) is 5.32 Å². The number of benzene rings is 3. The Morgan fingerprint density at radius 1 is 0.756 bits per heavy atom. The normalized spacial score (nSPS) is 10.9. The number of amides is 1. The van der Waals surface area contributed by atoms with E-state index in [-0.39, 0.29) is 34.4 Å². The topological polar surface area (TPSA) is 148 Å². The van der Waals surface area contributed by atoms with Crippen molar-refractivity contribution < 1.29 is 43.2 Å². The van der Waals surface area contributed by atoms with Crippen molar-refractivity contribution in [3.8, 4) is 40.2 Å². The van der Waals surface area contributed by atoms with E-state index in [1.165, 1.54) is 60.9 Å². The van der Waals surface area contributed by atoms with Gasteiger partial charge in [-0.25, -0.2) is 0 Å². The molecule has 0 saturated carbocycles. The van der Waals surface area contributed by atoms with Crippen LogP contribution in [0.1, 0.15) is 16.7 Å². The summed E-state index contributed by atoms with van der Waals surface area (Å²) in [5.74, 6) is 0.682. The lowest BCUT2D eigenvalue weighted by Crippen LogP contribution is -2.09. The quantitative estimate of drug-likeness (QED) is 0.0988. The second kappa shape index (κ2) is 13.6. The maximum Gasteiger partial charge on any atom is 0.315 e. The van der Waals surface area contributed by atoms with Crippen LogP contribution in [0.15, 0.2) is 42.5 Å². The third-order valence-electron chi connectivity index (χ3n) is 5.89. The van der Waals surface area contributed by atoms with E-state index in [0.29, 0.717) is 33.9 Å². The van der Waals surface area contributed by atoms with E-state index in [0.717, 1.165) is 6.08 Å². The number of methoxy groups -OCH3 is 6.